The molecule has 0 bridgehead atoms. The molecule has 2 nitrogen and oxygen atoms in total. The highest BCUT2D eigenvalue weighted by Gasteiger charge is 2.24. The van der Waals surface area contributed by atoms with Gasteiger partial charge in [-0.05, 0) is 69.0 Å². The Hall–Kier alpha value is -2.22. The van der Waals surface area contributed by atoms with E-state index in [1.165, 1.54) is 0 Å². The summed E-state index contributed by atoms with van der Waals surface area (Å²) in [4.78, 5) is 25.1. The SMILES string of the molecule is Cc1ccc(C(=O)C(C)C(=O)c2ccc(C)c(C)c2)cc1C. The van der Waals surface area contributed by atoms with Crippen LogP contribution in [0.15, 0.2) is 36.4 Å². The van der Waals surface area contributed by atoms with E-state index in [1.54, 1.807) is 19.1 Å². The van der Waals surface area contributed by atoms with Gasteiger partial charge in [0.1, 0.15) is 0 Å². The van der Waals surface area contributed by atoms with Crippen LogP contribution in [0, 0.1) is 33.6 Å². The maximum absolute atomic E-state index is 12.6. The average molecular weight is 294 g/mol. The topological polar surface area (TPSA) is 34.1 Å². The summed E-state index contributed by atoms with van der Waals surface area (Å²) in [5.74, 6) is -0.901. The summed E-state index contributed by atoms with van der Waals surface area (Å²) in [5, 5.41) is 0. The van der Waals surface area contributed by atoms with Crippen molar-refractivity contribution < 1.29 is 9.59 Å². The van der Waals surface area contributed by atoms with Gasteiger partial charge in [0.05, 0.1) is 5.92 Å². The van der Waals surface area contributed by atoms with Crippen molar-refractivity contribution in [2.45, 2.75) is 34.6 Å². The molecule has 0 aromatic heterocycles. The number of hydrogen-bond donors (Lipinski definition) is 0. The second-order valence-electron chi connectivity index (χ2n) is 6.05. The van der Waals surface area contributed by atoms with Crippen LogP contribution in [-0.4, -0.2) is 11.6 Å². The summed E-state index contributed by atoms with van der Waals surface area (Å²) >= 11 is 0. The Morgan fingerprint density at radius 1 is 0.682 bits per heavy atom. The molecule has 0 aliphatic heterocycles. The fourth-order valence-corrected chi connectivity index (χ4v) is 2.41. The predicted molar refractivity (Wildman–Crippen MR) is 89.7 cm³/mol. The molecule has 0 radical (unpaired) electrons. The van der Waals surface area contributed by atoms with E-state index in [0.29, 0.717) is 11.1 Å². The van der Waals surface area contributed by atoms with Crippen LogP contribution in [0.2, 0.25) is 0 Å². The highest BCUT2D eigenvalue weighted by molar-refractivity contribution is 6.15. The van der Waals surface area contributed by atoms with Crippen molar-refractivity contribution in [3.63, 3.8) is 0 Å². The molecule has 0 aliphatic carbocycles. The zero-order chi connectivity index (χ0) is 16.4. The maximum atomic E-state index is 12.6. The van der Waals surface area contributed by atoms with Crippen LogP contribution in [0.1, 0.15) is 49.9 Å². The third-order valence-electron chi connectivity index (χ3n) is 4.37. The lowest BCUT2D eigenvalue weighted by Gasteiger charge is -2.12. The molecule has 0 fully saturated rings. The fourth-order valence-electron chi connectivity index (χ4n) is 2.41. The van der Waals surface area contributed by atoms with Crippen LogP contribution in [0.5, 0.6) is 0 Å². The summed E-state index contributed by atoms with van der Waals surface area (Å²) in [5.41, 5.74) is 5.63. The van der Waals surface area contributed by atoms with Gasteiger partial charge in [0.15, 0.2) is 11.6 Å². The lowest BCUT2D eigenvalue weighted by molar-refractivity contribution is 0.0820. The fraction of sp³-hybridized carbons (Fsp3) is 0.300. The quantitative estimate of drug-likeness (QED) is 0.609. The predicted octanol–water partition coefficient (Wildman–Crippen LogP) is 4.62. The Kier molecular flexibility index (Phi) is 4.60. The Balaban J connectivity index is 2.27. The first-order valence-electron chi connectivity index (χ1n) is 7.54. The van der Waals surface area contributed by atoms with Crippen LogP contribution in [0.25, 0.3) is 0 Å². The van der Waals surface area contributed by atoms with Crippen LogP contribution in [0.4, 0.5) is 0 Å². The third-order valence-corrected chi connectivity index (χ3v) is 4.37. The molecule has 2 aromatic carbocycles. The first-order valence-corrected chi connectivity index (χ1v) is 7.54. The molecule has 0 saturated heterocycles. The van der Waals surface area contributed by atoms with Crippen molar-refractivity contribution >= 4 is 11.6 Å². The largest absolute Gasteiger partial charge is 0.293 e. The van der Waals surface area contributed by atoms with Crippen LogP contribution >= 0.6 is 0 Å². The molecular weight excluding hydrogens is 272 g/mol. The number of carbonyl (C=O) groups is 2. The smallest absolute Gasteiger partial charge is 0.173 e. The lowest BCUT2D eigenvalue weighted by Crippen LogP contribution is -2.21. The molecule has 0 atom stereocenters. The van der Waals surface area contributed by atoms with Gasteiger partial charge in [-0.15, -0.1) is 0 Å². The van der Waals surface area contributed by atoms with Crippen LogP contribution in [-0.2, 0) is 0 Å². The summed E-state index contributed by atoms with van der Waals surface area (Å²) in [6, 6.07) is 11.2. The van der Waals surface area contributed by atoms with Gasteiger partial charge in [0.2, 0.25) is 0 Å². The molecule has 2 rings (SSSR count). The molecule has 0 aliphatic rings. The number of aryl methyl sites for hydroxylation is 4. The molecule has 0 saturated carbocycles. The summed E-state index contributed by atoms with van der Waals surface area (Å²) in [6.07, 6.45) is 0. The number of Topliss-reactive ketones (excluding diaryl/α,β-unsaturated/α-hetero) is 2. The Bertz CT molecular complexity index is 678. The normalized spacial score (nSPS) is 10.8. The highest BCUT2D eigenvalue weighted by atomic mass is 16.1. The van der Waals surface area contributed by atoms with Crippen molar-refractivity contribution in [3.8, 4) is 0 Å². The highest BCUT2D eigenvalue weighted by Crippen LogP contribution is 2.19. The van der Waals surface area contributed by atoms with Crippen molar-refractivity contribution in [3.05, 3.63) is 69.8 Å². The van der Waals surface area contributed by atoms with Crippen molar-refractivity contribution in [1.29, 1.82) is 0 Å². The Labute approximate surface area is 132 Å². The van der Waals surface area contributed by atoms with Gasteiger partial charge >= 0.3 is 0 Å². The standard InChI is InChI=1S/C20H22O2/c1-12-6-8-17(10-14(12)3)19(21)16(5)20(22)18-9-7-13(2)15(4)11-18/h6-11,16H,1-5H3. The van der Waals surface area contributed by atoms with Gasteiger partial charge < -0.3 is 0 Å². The van der Waals surface area contributed by atoms with Gasteiger partial charge in [-0.3, -0.25) is 9.59 Å². The first-order chi connectivity index (χ1) is 10.3. The summed E-state index contributed by atoms with van der Waals surface area (Å²) in [7, 11) is 0. The molecular formula is C20H22O2. The van der Waals surface area contributed by atoms with Gasteiger partial charge in [-0.25, -0.2) is 0 Å². The number of ketones is 2. The molecule has 22 heavy (non-hydrogen) atoms. The van der Waals surface area contributed by atoms with Crippen molar-refractivity contribution in [1.82, 2.24) is 0 Å². The molecule has 2 heteroatoms. The Morgan fingerprint density at radius 3 is 1.36 bits per heavy atom. The minimum atomic E-state index is -0.663. The summed E-state index contributed by atoms with van der Waals surface area (Å²) < 4.78 is 0. The van der Waals surface area contributed by atoms with E-state index in [1.807, 2.05) is 52.0 Å². The molecule has 0 heterocycles. The minimum Gasteiger partial charge on any atom is -0.293 e. The van der Waals surface area contributed by atoms with Gasteiger partial charge in [0, 0.05) is 11.1 Å². The molecule has 0 spiro atoms. The zero-order valence-corrected chi connectivity index (χ0v) is 13.9. The maximum Gasteiger partial charge on any atom is 0.173 e. The van der Waals surface area contributed by atoms with E-state index in [0.717, 1.165) is 22.3 Å². The molecule has 0 unspecified atom stereocenters. The molecule has 0 amide bonds. The third kappa shape index (κ3) is 3.16. The molecule has 2 aromatic rings. The molecule has 0 N–H and O–H groups in total. The van der Waals surface area contributed by atoms with Crippen LogP contribution in [0.3, 0.4) is 0 Å². The van der Waals surface area contributed by atoms with Crippen molar-refractivity contribution in [2.75, 3.05) is 0 Å². The van der Waals surface area contributed by atoms with E-state index in [4.69, 9.17) is 0 Å². The van der Waals surface area contributed by atoms with E-state index in [-0.39, 0.29) is 11.6 Å². The average Bonchev–Trinajstić information content (AvgIpc) is 2.50. The Morgan fingerprint density at radius 2 is 1.05 bits per heavy atom. The number of carbonyl (C=O) groups excluding carboxylic acids is 2. The second kappa shape index (κ2) is 6.27. The minimum absolute atomic E-state index is 0.119. The van der Waals surface area contributed by atoms with Gasteiger partial charge in [0.25, 0.3) is 0 Å². The van der Waals surface area contributed by atoms with E-state index in [2.05, 4.69) is 0 Å². The van der Waals surface area contributed by atoms with E-state index in [9.17, 15) is 9.59 Å². The number of benzene rings is 2. The number of hydrogen-bond acceptors (Lipinski definition) is 2. The van der Waals surface area contributed by atoms with Gasteiger partial charge in [-0.2, -0.15) is 0 Å². The summed E-state index contributed by atoms with van der Waals surface area (Å²) in [6.45, 7) is 9.65. The second-order valence-corrected chi connectivity index (χ2v) is 6.05. The molecule has 114 valence electrons. The lowest BCUT2D eigenvalue weighted by atomic mass is 9.89. The zero-order valence-electron chi connectivity index (χ0n) is 13.9. The van der Waals surface area contributed by atoms with Crippen molar-refractivity contribution in [2.24, 2.45) is 5.92 Å². The number of rotatable bonds is 4. The van der Waals surface area contributed by atoms with Gasteiger partial charge in [-0.1, -0.05) is 24.3 Å². The van der Waals surface area contributed by atoms with E-state index < -0.39 is 5.92 Å². The van der Waals surface area contributed by atoms with Crippen LogP contribution < -0.4 is 0 Å². The first kappa shape index (κ1) is 16.2. The monoisotopic (exact) mass is 294 g/mol. The van der Waals surface area contributed by atoms with E-state index >= 15 is 0 Å².